The highest BCUT2D eigenvalue weighted by molar-refractivity contribution is 5.82. The number of aryl methyl sites for hydroxylation is 2. The molecule has 1 saturated heterocycles. The van der Waals surface area contributed by atoms with Gasteiger partial charge in [0.1, 0.15) is 0 Å². The first-order chi connectivity index (χ1) is 9.75. The molecular weight excluding hydrogens is 254 g/mol. The summed E-state index contributed by atoms with van der Waals surface area (Å²) in [6.45, 7) is 5.41. The minimum atomic E-state index is 0.185. The molecule has 1 aromatic carbocycles. The molecule has 106 valence electrons. The average molecular weight is 273 g/mol. The van der Waals surface area contributed by atoms with Crippen molar-refractivity contribution in [1.29, 1.82) is 0 Å². The second-order valence-electron chi connectivity index (χ2n) is 5.12. The van der Waals surface area contributed by atoms with Gasteiger partial charge in [0.15, 0.2) is 0 Å². The molecule has 0 aliphatic carbocycles. The zero-order valence-corrected chi connectivity index (χ0v) is 11.7. The van der Waals surface area contributed by atoms with Gasteiger partial charge in [-0.2, -0.15) is 5.10 Å². The Balaban J connectivity index is 1.67. The molecule has 1 aliphatic heterocycles. The van der Waals surface area contributed by atoms with Gasteiger partial charge in [-0.05, 0) is 18.6 Å². The molecule has 1 aromatic heterocycles. The molecule has 0 unspecified atom stereocenters. The minimum Gasteiger partial charge on any atom is -0.378 e. The summed E-state index contributed by atoms with van der Waals surface area (Å²) in [7, 11) is 0. The van der Waals surface area contributed by atoms with Crippen LogP contribution in [0.25, 0.3) is 10.9 Å². The highest BCUT2D eigenvalue weighted by Crippen LogP contribution is 2.17. The first-order valence-electron chi connectivity index (χ1n) is 7.02. The Labute approximate surface area is 118 Å². The van der Waals surface area contributed by atoms with Gasteiger partial charge in [-0.1, -0.05) is 12.1 Å². The summed E-state index contributed by atoms with van der Waals surface area (Å²) in [5, 5.41) is 5.55. The van der Waals surface area contributed by atoms with Crippen LogP contribution < -0.4 is 0 Å². The predicted octanol–water partition coefficient (Wildman–Crippen LogP) is 1.59. The maximum atomic E-state index is 12.1. The van der Waals surface area contributed by atoms with E-state index in [1.54, 1.807) is 0 Å². The number of nitrogens with zero attached hydrogens (tertiary/aromatic N) is 3. The van der Waals surface area contributed by atoms with Crippen molar-refractivity contribution in [2.45, 2.75) is 19.9 Å². The molecule has 0 spiro atoms. The van der Waals surface area contributed by atoms with Crippen molar-refractivity contribution < 1.29 is 9.53 Å². The number of rotatable bonds is 3. The average Bonchev–Trinajstić information content (AvgIpc) is 2.90. The van der Waals surface area contributed by atoms with Gasteiger partial charge in [-0.15, -0.1) is 0 Å². The number of morpholine rings is 1. The van der Waals surface area contributed by atoms with E-state index in [0.29, 0.717) is 39.3 Å². The van der Waals surface area contributed by atoms with E-state index in [2.05, 4.69) is 24.2 Å². The first-order valence-corrected chi connectivity index (χ1v) is 7.02. The van der Waals surface area contributed by atoms with E-state index in [-0.39, 0.29) is 5.91 Å². The quantitative estimate of drug-likeness (QED) is 0.853. The van der Waals surface area contributed by atoms with Gasteiger partial charge in [0.2, 0.25) is 5.91 Å². The van der Waals surface area contributed by atoms with Gasteiger partial charge in [0.05, 0.1) is 31.5 Å². The summed E-state index contributed by atoms with van der Waals surface area (Å²) in [5.41, 5.74) is 2.31. The molecule has 2 aromatic rings. The lowest BCUT2D eigenvalue weighted by atomic mass is 10.1. The van der Waals surface area contributed by atoms with E-state index in [1.165, 1.54) is 5.56 Å². The number of carbonyl (C=O) groups is 1. The van der Waals surface area contributed by atoms with Crippen molar-refractivity contribution in [2.75, 3.05) is 26.3 Å². The number of fused-ring (bicyclic) bond motifs is 1. The third-order valence-corrected chi connectivity index (χ3v) is 3.81. The molecule has 1 amide bonds. The first kappa shape index (κ1) is 13.1. The van der Waals surface area contributed by atoms with E-state index in [0.717, 1.165) is 10.9 Å². The second-order valence-corrected chi connectivity index (χ2v) is 5.12. The topological polar surface area (TPSA) is 47.4 Å². The molecule has 0 atom stereocenters. The fourth-order valence-electron chi connectivity index (χ4n) is 2.60. The maximum absolute atomic E-state index is 12.1. The van der Waals surface area contributed by atoms with Gasteiger partial charge in [0, 0.05) is 24.9 Å². The van der Waals surface area contributed by atoms with Crippen LogP contribution in [-0.4, -0.2) is 46.9 Å². The number of hydrogen-bond acceptors (Lipinski definition) is 3. The predicted molar refractivity (Wildman–Crippen MR) is 76.5 cm³/mol. The van der Waals surface area contributed by atoms with E-state index in [1.807, 2.05) is 21.8 Å². The number of carbonyl (C=O) groups excluding carboxylic acids is 1. The number of amides is 1. The van der Waals surface area contributed by atoms with E-state index in [9.17, 15) is 4.79 Å². The van der Waals surface area contributed by atoms with Crippen molar-refractivity contribution in [3.05, 3.63) is 30.0 Å². The van der Waals surface area contributed by atoms with Gasteiger partial charge in [-0.3, -0.25) is 9.48 Å². The van der Waals surface area contributed by atoms with Gasteiger partial charge >= 0.3 is 0 Å². The molecule has 0 saturated carbocycles. The Morgan fingerprint density at radius 1 is 1.35 bits per heavy atom. The van der Waals surface area contributed by atoms with Crippen LogP contribution in [0.2, 0.25) is 0 Å². The van der Waals surface area contributed by atoms with Gasteiger partial charge < -0.3 is 9.64 Å². The Morgan fingerprint density at radius 2 is 2.15 bits per heavy atom. The Morgan fingerprint density at radius 3 is 2.95 bits per heavy atom. The number of aromatic nitrogens is 2. The fourth-order valence-corrected chi connectivity index (χ4v) is 2.60. The third kappa shape index (κ3) is 2.54. The Hall–Kier alpha value is -1.88. The standard InChI is InChI=1S/C15H19N3O2/c1-12-3-2-4-14-13(12)11-16-18(14)6-5-15(19)17-7-9-20-10-8-17/h2-4,11H,5-10H2,1H3. The molecule has 0 bridgehead atoms. The van der Waals surface area contributed by atoms with Crippen LogP contribution in [0.3, 0.4) is 0 Å². The number of ether oxygens (including phenoxy) is 1. The van der Waals surface area contributed by atoms with Crippen LogP contribution in [-0.2, 0) is 16.1 Å². The molecule has 20 heavy (non-hydrogen) atoms. The van der Waals surface area contributed by atoms with Crippen LogP contribution in [0.15, 0.2) is 24.4 Å². The highest BCUT2D eigenvalue weighted by atomic mass is 16.5. The van der Waals surface area contributed by atoms with Crippen molar-refractivity contribution in [1.82, 2.24) is 14.7 Å². The monoisotopic (exact) mass is 273 g/mol. The molecule has 1 fully saturated rings. The largest absolute Gasteiger partial charge is 0.378 e. The van der Waals surface area contributed by atoms with Crippen molar-refractivity contribution in [3.8, 4) is 0 Å². The molecule has 5 heteroatoms. The number of benzene rings is 1. The van der Waals surface area contributed by atoms with Crippen molar-refractivity contribution in [2.24, 2.45) is 0 Å². The zero-order valence-electron chi connectivity index (χ0n) is 11.7. The van der Waals surface area contributed by atoms with Crippen LogP contribution in [0.1, 0.15) is 12.0 Å². The van der Waals surface area contributed by atoms with E-state index in [4.69, 9.17) is 4.74 Å². The second kappa shape index (κ2) is 5.63. The van der Waals surface area contributed by atoms with Gasteiger partial charge in [-0.25, -0.2) is 0 Å². The molecular formula is C15H19N3O2. The lowest BCUT2D eigenvalue weighted by Gasteiger charge is -2.26. The molecule has 1 aliphatic rings. The lowest BCUT2D eigenvalue weighted by Crippen LogP contribution is -2.41. The van der Waals surface area contributed by atoms with Crippen LogP contribution in [0.4, 0.5) is 0 Å². The normalized spacial score (nSPS) is 15.8. The summed E-state index contributed by atoms with van der Waals surface area (Å²) in [5.74, 6) is 0.185. The van der Waals surface area contributed by atoms with Crippen LogP contribution >= 0.6 is 0 Å². The zero-order chi connectivity index (χ0) is 13.9. The molecule has 0 N–H and O–H groups in total. The summed E-state index contributed by atoms with van der Waals surface area (Å²) >= 11 is 0. The molecule has 3 rings (SSSR count). The highest BCUT2D eigenvalue weighted by Gasteiger charge is 2.16. The van der Waals surface area contributed by atoms with E-state index < -0.39 is 0 Å². The Kier molecular flexibility index (Phi) is 3.69. The molecule has 5 nitrogen and oxygen atoms in total. The Bertz CT molecular complexity index is 615. The summed E-state index contributed by atoms with van der Waals surface area (Å²) in [4.78, 5) is 14.0. The third-order valence-electron chi connectivity index (χ3n) is 3.81. The fraction of sp³-hybridized carbons (Fsp3) is 0.467. The van der Waals surface area contributed by atoms with Crippen molar-refractivity contribution in [3.63, 3.8) is 0 Å². The SMILES string of the molecule is Cc1cccc2c1cnn2CCC(=O)N1CCOCC1. The molecule has 2 heterocycles. The van der Waals surface area contributed by atoms with Crippen LogP contribution in [0.5, 0.6) is 0 Å². The summed E-state index contributed by atoms with van der Waals surface area (Å²) in [6, 6.07) is 6.15. The number of hydrogen-bond donors (Lipinski definition) is 0. The minimum absolute atomic E-state index is 0.185. The van der Waals surface area contributed by atoms with Crippen molar-refractivity contribution >= 4 is 16.8 Å². The maximum Gasteiger partial charge on any atom is 0.224 e. The van der Waals surface area contributed by atoms with Crippen LogP contribution in [0, 0.1) is 6.92 Å². The summed E-state index contributed by atoms with van der Waals surface area (Å²) < 4.78 is 7.18. The summed E-state index contributed by atoms with van der Waals surface area (Å²) in [6.07, 6.45) is 2.37. The smallest absolute Gasteiger partial charge is 0.224 e. The molecule has 0 radical (unpaired) electrons. The van der Waals surface area contributed by atoms with Gasteiger partial charge in [0.25, 0.3) is 0 Å². The van der Waals surface area contributed by atoms with E-state index >= 15 is 0 Å². The lowest BCUT2D eigenvalue weighted by molar-refractivity contribution is -0.135.